The Kier molecular flexibility index (Phi) is 5.16. The van der Waals surface area contributed by atoms with Crippen LogP contribution in [-0.2, 0) is 11.8 Å². The summed E-state index contributed by atoms with van der Waals surface area (Å²) in [6, 6.07) is 13.3. The number of benzene rings is 2. The van der Waals surface area contributed by atoms with Crippen molar-refractivity contribution < 1.29 is 14.5 Å². The van der Waals surface area contributed by atoms with Gasteiger partial charge in [0.1, 0.15) is 17.6 Å². The normalized spacial score (nSPS) is 11.6. The molecule has 0 unspecified atom stereocenters. The number of carbonyl (C=O) groups excluding carboxylic acids is 1. The minimum Gasteiger partial charge on any atom is -0.465 e. The lowest BCUT2D eigenvalue weighted by Gasteiger charge is -2.20. The van der Waals surface area contributed by atoms with Gasteiger partial charge in [-0.05, 0) is 17.7 Å². The maximum Gasteiger partial charge on any atom is 0.338 e. The van der Waals surface area contributed by atoms with Crippen LogP contribution in [-0.4, -0.2) is 27.6 Å². The summed E-state index contributed by atoms with van der Waals surface area (Å²) in [6.07, 6.45) is 3.48. The number of hydrogen-bond acceptors (Lipinski definition) is 6. The van der Waals surface area contributed by atoms with Crippen LogP contribution in [0.3, 0.4) is 0 Å². The molecule has 3 aromatic rings. The van der Waals surface area contributed by atoms with Crippen LogP contribution >= 0.6 is 0 Å². The second-order valence-corrected chi connectivity index (χ2v) is 5.86. The van der Waals surface area contributed by atoms with E-state index >= 15 is 0 Å². The van der Waals surface area contributed by atoms with Crippen LogP contribution in [0.1, 0.15) is 27.8 Å². The summed E-state index contributed by atoms with van der Waals surface area (Å²) < 4.78 is 6.49. The van der Waals surface area contributed by atoms with Crippen LogP contribution in [0.15, 0.2) is 60.9 Å². The van der Waals surface area contributed by atoms with E-state index in [1.165, 1.54) is 25.3 Å². The molecule has 1 N–H and O–H groups in total. The van der Waals surface area contributed by atoms with Gasteiger partial charge in [-0.3, -0.25) is 10.1 Å². The van der Waals surface area contributed by atoms with Gasteiger partial charge >= 0.3 is 5.97 Å². The summed E-state index contributed by atoms with van der Waals surface area (Å²) in [5.74, 6) is 0.0703. The zero-order valence-corrected chi connectivity index (χ0v) is 14.8. The highest BCUT2D eigenvalue weighted by Gasteiger charge is 2.24. The molecule has 0 radical (unpaired) electrons. The number of nitro groups is 1. The quantitative estimate of drug-likeness (QED) is 0.408. The highest BCUT2D eigenvalue weighted by atomic mass is 16.6. The number of aryl methyl sites for hydroxylation is 1. The van der Waals surface area contributed by atoms with Crippen LogP contribution in [0.2, 0.25) is 0 Å². The number of carbonyl (C=O) groups is 1. The fourth-order valence-corrected chi connectivity index (χ4v) is 2.80. The van der Waals surface area contributed by atoms with Gasteiger partial charge in [-0.15, -0.1) is 0 Å². The molecular formula is C19H18N4O4. The SMILES string of the molecule is COC(=O)c1ccc(N[C@H](c2ccccc2)c2nccn2C)c([N+](=O)[O-])c1. The van der Waals surface area contributed by atoms with Crippen molar-refractivity contribution in [2.75, 3.05) is 12.4 Å². The maximum absolute atomic E-state index is 11.7. The third-order valence-corrected chi connectivity index (χ3v) is 4.16. The lowest BCUT2D eigenvalue weighted by molar-refractivity contribution is -0.384. The zero-order chi connectivity index (χ0) is 19.4. The molecule has 0 fully saturated rings. The summed E-state index contributed by atoms with van der Waals surface area (Å²) in [5.41, 5.74) is 1.08. The molecule has 1 heterocycles. The van der Waals surface area contributed by atoms with Gasteiger partial charge in [0.25, 0.3) is 5.69 Å². The Morgan fingerprint density at radius 3 is 2.59 bits per heavy atom. The molecule has 138 valence electrons. The van der Waals surface area contributed by atoms with Gasteiger partial charge in [-0.1, -0.05) is 30.3 Å². The number of nitrogens with one attached hydrogen (secondary N) is 1. The number of methoxy groups -OCH3 is 1. The molecule has 1 atom stereocenters. The van der Waals surface area contributed by atoms with Crippen molar-refractivity contribution in [1.29, 1.82) is 0 Å². The first kappa shape index (κ1) is 18.1. The molecule has 0 amide bonds. The van der Waals surface area contributed by atoms with E-state index in [4.69, 9.17) is 0 Å². The first-order valence-electron chi connectivity index (χ1n) is 8.16. The Bertz CT molecular complexity index is 969. The van der Waals surface area contributed by atoms with E-state index in [-0.39, 0.29) is 16.9 Å². The first-order valence-corrected chi connectivity index (χ1v) is 8.16. The van der Waals surface area contributed by atoms with Gasteiger partial charge in [0.2, 0.25) is 0 Å². The number of esters is 1. The van der Waals surface area contributed by atoms with Gasteiger partial charge in [-0.25, -0.2) is 9.78 Å². The number of hydrogen-bond donors (Lipinski definition) is 1. The molecule has 0 bridgehead atoms. The summed E-state index contributed by atoms with van der Waals surface area (Å²) in [5, 5.41) is 14.7. The van der Waals surface area contributed by atoms with Gasteiger partial charge in [0, 0.05) is 25.5 Å². The van der Waals surface area contributed by atoms with Crippen LogP contribution < -0.4 is 5.32 Å². The maximum atomic E-state index is 11.7. The molecule has 8 heteroatoms. The topological polar surface area (TPSA) is 99.3 Å². The molecule has 27 heavy (non-hydrogen) atoms. The Balaban J connectivity index is 2.05. The highest BCUT2D eigenvalue weighted by molar-refractivity contribution is 5.91. The van der Waals surface area contributed by atoms with E-state index in [0.29, 0.717) is 5.82 Å². The molecule has 0 spiro atoms. The van der Waals surface area contributed by atoms with Crippen LogP contribution in [0.4, 0.5) is 11.4 Å². The molecule has 8 nitrogen and oxygen atoms in total. The third-order valence-electron chi connectivity index (χ3n) is 4.16. The molecular weight excluding hydrogens is 348 g/mol. The van der Waals surface area contributed by atoms with Crippen molar-refractivity contribution in [1.82, 2.24) is 9.55 Å². The standard InChI is InChI=1S/C19H18N4O4/c1-22-11-10-20-18(22)17(13-6-4-3-5-7-13)21-15-9-8-14(19(24)27-2)12-16(15)23(25)26/h3-12,17,21H,1-2H3/t17-/m1/s1. The van der Waals surface area contributed by atoms with E-state index in [0.717, 1.165) is 5.56 Å². The number of nitrogens with zero attached hydrogens (tertiary/aromatic N) is 3. The van der Waals surface area contributed by atoms with Crippen molar-refractivity contribution in [2.24, 2.45) is 7.05 Å². The Morgan fingerprint density at radius 1 is 1.26 bits per heavy atom. The monoisotopic (exact) mass is 366 g/mol. The number of anilines is 1. The van der Waals surface area contributed by atoms with Gasteiger partial charge in [0.05, 0.1) is 17.6 Å². The third kappa shape index (κ3) is 3.79. The van der Waals surface area contributed by atoms with Gasteiger partial charge in [0.15, 0.2) is 0 Å². The molecule has 3 rings (SSSR count). The summed E-state index contributed by atoms with van der Waals surface area (Å²) in [7, 11) is 3.08. The van der Waals surface area contributed by atoms with E-state index in [9.17, 15) is 14.9 Å². The molecule has 0 aliphatic rings. The van der Waals surface area contributed by atoms with Crippen LogP contribution in [0, 0.1) is 10.1 Å². The van der Waals surface area contributed by atoms with E-state index < -0.39 is 16.9 Å². The van der Waals surface area contributed by atoms with Gasteiger partial charge in [-0.2, -0.15) is 0 Å². The number of ether oxygens (including phenoxy) is 1. The largest absolute Gasteiger partial charge is 0.465 e. The van der Waals surface area contributed by atoms with E-state index in [1.807, 2.05) is 48.1 Å². The number of aromatic nitrogens is 2. The Morgan fingerprint density at radius 2 is 2.00 bits per heavy atom. The average molecular weight is 366 g/mol. The fraction of sp³-hybridized carbons (Fsp3) is 0.158. The molecule has 0 saturated heterocycles. The molecule has 2 aromatic carbocycles. The molecule has 0 aliphatic carbocycles. The van der Waals surface area contributed by atoms with Crippen molar-refractivity contribution >= 4 is 17.3 Å². The molecule has 0 aliphatic heterocycles. The lowest BCUT2D eigenvalue weighted by Crippen LogP contribution is -2.17. The second-order valence-electron chi connectivity index (χ2n) is 5.86. The predicted octanol–water partition coefficient (Wildman–Crippen LogP) is 3.32. The van der Waals surface area contributed by atoms with Crippen molar-refractivity contribution in [3.63, 3.8) is 0 Å². The number of rotatable bonds is 6. The minimum absolute atomic E-state index is 0.114. The number of nitro benzene ring substituents is 1. The predicted molar refractivity (Wildman–Crippen MR) is 99.6 cm³/mol. The van der Waals surface area contributed by atoms with E-state index in [1.54, 1.807) is 6.20 Å². The Labute approximate surface area is 155 Å². The van der Waals surface area contributed by atoms with Gasteiger partial charge < -0.3 is 14.6 Å². The minimum atomic E-state index is -0.631. The average Bonchev–Trinajstić information content (AvgIpc) is 3.11. The van der Waals surface area contributed by atoms with Crippen LogP contribution in [0.25, 0.3) is 0 Å². The molecule has 0 saturated carbocycles. The lowest BCUT2D eigenvalue weighted by atomic mass is 10.0. The summed E-state index contributed by atoms with van der Waals surface area (Å²) >= 11 is 0. The van der Waals surface area contributed by atoms with Crippen molar-refractivity contribution in [3.05, 3.63) is 88.0 Å². The van der Waals surface area contributed by atoms with Crippen LogP contribution in [0.5, 0.6) is 0 Å². The smallest absolute Gasteiger partial charge is 0.338 e. The fourth-order valence-electron chi connectivity index (χ4n) is 2.80. The number of imidazole rings is 1. The summed E-state index contributed by atoms with van der Waals surface area (Å²) in [4.78, 5) is 27.1. The van der Waals surface area contributed by atoms with E-state index in [2.05, 4.69) is 15.0 Å². The summed E-state index contributed by atoms with van der Waals surface area (Å²) in [6.45, 7) is 0. The zero-order valence-electron chi connectivity index (χ0n) is 14.8. The second kappa shape index (κ2) is 7.69. The first-order chi connectivity index (χ1) is 13.0. The Hall–Kier alpha value is -3.68. The molecule has 1 aromatic heterocycles. The highest BCUT2D eigenvalue weighted by Crippen LogP contribution is 2.32. The van der Waals surface area contributed by atoms with Crippen molar-refractivity contribution in [2.45, 2.75) is 6.04 Å². The van der Waals surface area contributed by atoms with Crippen molar-refractivity contribution in [3.8, 4) is 0 Å².